The number of aromatic nitrogens is 3. The summed E-state index contributed by atoms with van der Waals surface area (Å²) in [4.78, 5) is 52.8. The molecule has 1 fully saturated rings. The van der Waals surface area contributed by atoms with Gasteiger partial charge in [-0.25, -0.2) is 9.48 Å². The van der Waals surface area contributed by atoms with Gasteiger partial charge in [-0.15, -0.1) is 5.10 Å². The van der Waals surface area contributed by atoms with E-state index >= 15 is 0 Å². The van der Waals surface area contributed by atoms with E-state index in [4.69, 9.17) is 24.7 Å². The summed E-state index contributed by atoms with van der Waals surface area (Å²) in [5.74, 6) is -2.80. The van der Waals surface area contributed by atoms with Crippen LogP contribution in [0.1, 0.15) is 52.5 Å². The Kier molecular flexibility index (Phi) is 15.4. The quantitative estimate of drug-likeness (QED) is 0.117. The predicted molar refractivity (Wildman–Crippen MR) is 195 cm³/mol. The summed E-state index contributed by atoms with van der Waals surface area (Å²) in [6, 6.07) is 0. The molecular formula is C37H52N6O13. The highest BCUT2D eigenvalue weighted by atomic mass is 16.6. The second-order valence-corrected chi connectivity index (χ2v) is 14.2. The highest BCUT2D eigenvalue weighted by Gasteiger charge is 2.45. The minimum atomic E-state index is -1.64. The lowest BCUT2D eigenvalue weighted by molar-refractivity contribution is -0.254. The normalized spacial score (nSPS) is 35.1. The second-order valence-electron chi connectivity index (χ2n) is 14.2. The number of nitrogens with two attached hydrogens (primary N) is 1. The third-order valence-corrected chi connectivity index (χ3v) is 9.93. The number of rotatable bonds is 8. The third-order valence-electron chi connectivity index (χ3n) is 9.93. The second kappa shape index (κ2) is 19.5. The average Bonchev–Trinajstić information content (AvgIpc) is 3.63. The lowest BCUT2D eigenvalue weighted by atomic mass is 9.85. The van der Waals surface area contributed by atoms with E-state index in [1.807, 2.05) is 6.92 Å². The molecule has 4 rings (SSSR count). The molecular weight excluding hydrogens is 736 g/mol. The van der Waals surface area contributed by atoms with Gasteiger partial charge < -0.3 is 60.8 Å². The highest BCUT2D eigenvalue weighted by molar-refractivity contribution is 6.23. The molecule has 1 aliphatic carbocycles. The smallest absolute Gasteiger partial charge is 0.405 e. The number of nitrogens with zero attached hydrogens (tertiary/aromatic N) is 3. The Balaban J connectivity index is 1.67. The number of hydrogen-bond acceptors (Lipinski definition) is 16. The van der Waals surface area contributed by atoms with Crippen LogP contribution in [0.5, 0.6) is 0 Å². The number of nitrogens with one attached hydrogen (secondary N) is 2. The van der Waals surface area contributed by atoms with E-state index in [-0.39, 0.29) is 53.5 Å². The minimum absolute atomic E-state index is 0.0229. The summed E-state index contributed by atoms with van der Waals surface area (Å²) in [6.45, 7) is 6.00. The molecule has 9 N–H and O–H groups in total. The molecule has 19 heteroatoms. The van der Waals surface area contributed by atoms with Crippen LogP contribution in [0.3, 0.4) is 0 Å². The van der Waals surface area contributed by atoms with Crippen molar-refractivity contribution >= 4 is 23.6 Å². The Morgan fingerprint density at radius 3 is 2.43 bits per heavy atom. The summed E-state index contributed by atoms with van der Waals surface area (Å²) in [5, 5.41) is 65.3. The van der Waals surface area contributed by atoms with Crippen LogP contribution in [0.15, 0.2) is 64.7 Å². The van der Waals surface area contributed by atoms with Crippen molar-refractivity contribution in [1.82, 2.24) is 25.6 Å². The van der Waals surface area contributed by atoms with E-state index < -0.39 is 91.2 Å². The SMILES string of the molecule is CO[C@H]1/C=C\C=C(/C)C(=O)NC2=CC(=O)C(NCc3cn([C@@H]4O[C@H](CO)[C@@H](O)[C@H](O)[C@H]4O)nn3)=C(C[C@@H](C)C[C@H](OC)[C@H](O)[C@@H](C)/C=C(\C)[C@@H]1OC(N)=O)C2=O. The maximum Gasteiger partial charge on any atom is 0.405 e. The van der Waals surface area contributed by atoms with Gasteiger partial charge in [0.1, 0.15) is 36.2 Å². The zero-order valence-electron chi connectivity index (χ0n) is 32.1. The number of amides is 2. The minimum Gasteiger partial charge on any atom is -0.439 e. The molecule has 2 bridgehead atoms. The fraction of sp³-hybridized carbons (Fsp3) is 0.568. The van der Waals surface area contributed by atoms with E-state index in [0.29, 0.717) is 5.57 Å². The number of fused-ring (bicyclic) bond motifs is 2. The fourth-order valence-electron chi connectivity index (χ4n) is 6.78. The number of Topliss-reactive ketones (excluding diaryl/α,β-unsaturated/α-hetero) is 1. The lowest BCUT2D eigenvalue weighted by Gasteiger charge is -2.39. The lowest BCUT2D eigenvalue weighted by Crippen LogP contribution is -2.56. The molecule has 0 aromatic carbocycles. The van der Waals surface area contributed by atoms with Crippen LogP contribution >= 0.6 is 0 Å². The number of aliphatic hydroxyl groups is 5. The van der Waals surface area contributed by atoms with Crippen molar-refractivity contribution in [2.75, 3.05) is 20.8 Å². The zero-order valence-corrected chi connectivity index (χ0v) is 32.1. The van der Waals surface area contributed by atoms with E-state index in [0.717, 1.165) is 10.8 Å². The molecule has 0 spiro atoms. The Hall–Kier alpha value is -4.60. The average molecular weight is 789 g/mol. The molecule has 19 nitrogen and oxygen atoms in total. The molecule has 0 radical (unpaired) electrons. The predicted octanol–water partition coefficient (Wildman–Crippen LogP) is -0.884. The van der Waals surface area contributed by atoms with Gasteiger partial charge in [-0.3, -0.25) is 14.4 Å². The van der Waals surface area contributed by atoms with Crippen molar-refractivity contribution in [2.45, 2.75) is 102 Å². The van der Waals surface area contributed by atoms with Gasteiger partial charge in [0.05, 0.1) is 43.0 Å². The Morgan fingerprint density at radius 1 is 1.07 bits per heavy atom. The monoisotopic (exact) mass is 788 g/mol. The molecule has 308 valence electrons. The van der Waals surface area contributed by atoms with E-state index in [1.54, 1.807) is 26.0 Å². The van der Waals surface area contributed by atoms with Crippen LogP contribution in [0.4, 0.5) is 4.79 Å². The van der Waals surface area contributed by atoms with Gasteiger partial charge >= 0.3 is 6.09 Å². The molecule has 0 unspecified atom stereocenters. The van der Waals surface area contributed by atoms with Gasteiger partial charge in [-0.05, 0) is 38.2 Å². The third kappa shape index (κ3) is 10.4. The molecule has 1 saturated heterocycles. The molecule has 56 heavy (non-hydrogen) atoms. The van der Waals surface area contributed by atoms with Gasteiger partial charge in [0.2, 0.25) is 11.6 Å². The standard InChI is InChI=1S/C37H52N6O13/c1-17-10-22-28(39-14-21-15-43(42-41-21)36-33(50)32(49)31(48)27(16-44)55-36)24(45)13-23(30(22)47)40-35(51)18(2)8-7-9-25(53-5)34(56-37(38)52)20(4)12-19(3)29(46)26(11-17)54-6/h7-9,12-13,15,17,19,25-27,29,31-34,36,39,44,46,48-50H,10-11,14,16H2,1-6H3,(H2,38,52)(H,40,51)/b9-7-,18-8+,20-12+/t17-,19+,25+,26+,27-,29-,31-,32+,33-,34+,36-/m1/s1. The number of carbonyl (C=O) groups excluding carboxylic acids is 4. The van der Waals surface area contributed by atoms with Crippen LogP contribution in [-0.2, 0) is 39.9 Å². The van der Waals surface area contributed by atoms with E-state index in [2.05, 4.69) is 20.9 Å². The number of ketones is 2. The largest absolute Gasteiger partial charge is 0.439 e. The topological polar surface area (TPSA) is 287 Å². The van der Waals surface area contributed by atoms with E-state index in [1.165, 1.54) is 39.5 Å². The van der Waals surface area contributed by atoms with Gasteiger partial charge in [0, 0.05) is 37.4 Å². The first-order valence-electron chi connectivity index (χ1n) is 18.0. The van der Waals surface area contributed by atoms with Crippen LogP contribution in [0.2, 0.25) is 0 Å². The molecule has 11 atom stereocenters. The summed E-state index contributed by atoms with van der Waals surface area (Å²) in [5.41, 5.74) is 6.05. The molecule has 0 saturated carbocycles. The molecule has 3 heterocycles. The van der Waals surface area contributed by atoms with Gasteiger partial charge in [-0.1, -0.05) is 43.4 Å². The first-order chi connectivity index (χ1) is 26.5. The van der Waals surface area contributed by atoms with Crippen molar-refractivity contribution < 1.29 is 63.7 Å². The molecule has 2 aliphatic heterocycles. The van der Waals surface area contributed by atoms with Crippen LogP contribution < -0.4 is 16.4 Å². The molecule has 1 aromatic rings. The first kappa shape index (κ1) is 44.1. The van der Waals surface area contributed by atoms with Crippen molar-refractivity contribution in [2.24, 2.45) is 17.6 Å². The number of primary amides is 1. The van der Waals surface area contributed by atoms with Crippen molar-refractivity contribution in [3.05, 3.63) is 70.4 Å². The number of aliphatic hydroxyl groups excluding tert-OH is 5. The Bertz CT molecular complexity index is 1770. The number of hydrogen-bond donors (Lipinski definition) is 8. The molecule has 2 amide bonds. The summed E-state index contributed by atoms with van der Waals surface area (Å²) in [7, 11) is 2.84. The highest BCUT2D eigenvalue weighted by Crippen LogP contribution is 2.30. The number of carbonyl (C=O) groups is 4. The molecule has 3 aliphatic rings. The van der Waals surface area contributed by atoms with E-state index in [9.17, 15) is 44.7 Å². The van der Waals surface area contributed by atoms with Crippen LogP contribution in [0.25, 0.3) is 0 Å². The van der Waals surface area contributed by atoms with Gasteiger partial charge in [0.25, 0.3) is 5.91 Å². The Labute approximate surface area is 323 Å². The maximum absolute atomic E-state index is 14.0. The number of methoxy groups -OCH3 is 2. The van der Waals surface area contributed by atoms with Gasteiger partial charge in [0.15, 0.2) is 12.3 Å². The van der Waals surface area contributed by atoms with Crippen molar-refractivity contribution in [3.63, 3.8) is 0 Å². The maximum atomic E-state index is 14.0. The van der Waals surface area contributed by atoms with Crippen molar-refractivity contribution in [3.8, 4) is 0 Å². The Morgan fingerprint density at radius 2 is 1.79 bits per heavy atom. The van der Waals surface area contributed by atoms with Crippen LogP contribution in [-0.4, -0.2) is 134 Å². The number of ether oxygens (including phenoxy) is 4. The summed E-state index contributed by atoms with van der Waals surface area (Å²) >= 11 is 0. The van der Waals surface area contributed by atoms with Crippen LogP contribution in [0, 0.1) is 11.8 Å². The number of allylic oxidation sites excluding steroid dienone is 4. The fourth-order valence-corrected chi connectivity index (χ4v) is 6.78. The van der Waals surface area contributed by atoms with Gasteiger partial charge in [-0.2, -0.15) is 0 Å². The molecule has 1 aromatic heterocycles. The van der Waals surface area contributed by atoms with Crippen molar-refractivity contribution in [1.29, 1.82) is 0 Å². The zero-order chi connectivity index (χ0) is 41.4. The first-order valence-corrected chi connectivity index (χ1v) is 18.0. The summed E-state index contributed by atoms with van der Waals surface area (Å²) in [6.07, 6.45) is -3.12. The summed E-state index contributed by atoms with van der Waals surface area (Å²) < 4.78 is 23.3.